The van der Waals surface area contributed by atoms with Crippen molar-refractivity contribution >= 4 is 17.6 Å². The molecule has 1 fully saturated rings. The van der Waals surface area contributed by atoms with Crippen LogP contribution in [-0.2, 0) is 4.74 Å². The summed E-state index contributed by atoms with van der Waals surface area (Å²) in [6.07, 6.45) is 0. The lowest BCUT2D eigenvalue weighted by Gasteiger charge is -2.36. The molecule has 0 unspecified atom stereocenters. The first-order chi connectivity index (χ1) is 12.1. The summed E-state index contributed by atoms with van der Waals surface area (Å²) in [4.78, 5) is 28.2. The summed E-state index contributed by atoms with van der Waals surface area (Å²) in [6.45, 7) is 4.91. The average molecular weight is 338 g/mol. The normalized spacial score (nSPS) is 14.3. The van der Waals surface area contributed by atoms with Gasteiger partial charge in [0.05, 0.1) is 12.7 Å². The Morgan fingerprint density at radius 1 is 0.920 bits per heavy atom. The van der Waals surface area contributed by atoms with E-state index in [4.69, 9.17) is 4.74 Å². The van der Waals surface area contributed by atoms with E-state index >= 15 is 0 Å². The molecule has 130 valence electrons. The molecule has 0 aromatic heterocycles. The van der Waals surface area contributed by atoms with Gasteiger partial charge in [-0.25, -0.2) is 4.79 Å². The molecule has 1 saturated heterocycles. The maximum Gasteiger partial charge on any atom is 0.337 e. The molecular formula is C20H22N2O3. The van der Waals surface area contributed by atoms with E-state index < -0.39 is 0 Å². The Hall–Kier alpha value is -2.82. The molecule has 0 N–H and O–H groups in total. The van der Waals surface area contributed by atoms with E-state index in [1.165, 1.54) is 7.11 Å². The van der Waals surface area contributed by atoms with Gasteiger partial charge in [0.15, 0.2) is 0 Å². The second-order valence-electron chi connectivity index (χ2n) is 6.19. The molecule has 0 bridgehead atoms. The minimum Gasteiger partial charge on any atom is -0.465 e. The van der Waals surface area contributed by atoms with Crippen LogP contribution in [0.25, 0.3) is 0 Å². The van der Waals surface area contributed by atoms with Gasteiger partial charge >= 0.3 is 5.97 Å². The molecule has 3 rings (SSSR count). The lowest BCUT2D eigenvalue weighted by Crippen LogP contribution is -2.48. The number of rotatable bonds is 3. The van der Waals surface area contributed by atoms with Crippen LogP contribution in [-0.4, -0.2) is 50.1 Å². The number of piperazine rings is 1. The minimum atomic E-state index is -0.333. The predicted molar refractivity (Wildman–Crippen MR) is 97.1 cm³/mol. The van der Waals surface area contributed by atoms with Gasteiger partial charge in [-0.15, -0.1) is 0 Å². The number of carbonyl (C=O) groups excluding carboxylic acids is 2. The van der Waals surface area contributed by atoms with E-state index in [0.717, 1.165) is 29.9 Å². The molecule has 2 aromatic rings. The number of nitrogens with zero attached hydrogens (tertiary/aromatic N) is 2. The Bertz CT molecular complexity index is 763. The Morgan fingerprint density at radius 3 is 2.20 bits per heavy atom. The topological polar surface area (TPSA) is 49.9 Å². The summed E-state index contributed by atoms with van der Waals surface area (Å²) in [5, 5.41) is 0. The number of ether oxygens (including phenoxy) is 1. The summed E-state index contributed by atoms with van der Waals surface area (Å²) in [7, 11) is 1.38. The zero-order chi connectivity index (χ0) is 17.8. The van der Waals surface area contributed by atoms with Crippen molar-refractivity contribution in [1.29, 1.82) is 0 Å². The van der Waals surface area contributed by atoms with E-state index in [9.17, 15) is 9.59 Å². The van der Waals surface area contributed by atoms with Crippen molar-refractivity contribution in [3.05, 3.63) is 65.2 Å². The molecule has 1 aliphatic heterocycles. The van der Waals surface area contributed by atoms with Crippen molar-refractivity contribution in [2.45, 2.75) is 6.92 Å². The second kappa shape index (κ2) is 7.38. The first-order valence-electron chi connectivity index (χ1n) is 8.38. The number of amides is 1. The van der Waals surface area contributed by atoms with Crippen molar-refractivity contribution in [3.63, 3.8) is 0 Å². The van der Waals surface area contributed by atoms with Crippen LogP contribution >= 0.6 is 0 Å². The van der Waals surface area contributed by atoms with Gasteiger partial charge in [-0.3, -0.25) is 4.79 Å². The first kappa shape index (κ1) is 17.0. The van der Waals surface area contributed by atoms with Crippen LogP contribution in [0.1, 0.15) is 26.3 Å². The zero-order valence-electron chi connectivity index (χ0n) is 14.6. The van der Waals surface area contributed by atoms with Crippen LogP contribution < -0.4 is 4.90 Å². The highest BCUT2D eigenvalue weighted by atomic mass is 16.5. The van der Waals surface area contributed by atoms with Gasteiger partial charge in [0.1, 0.15) is 0 Å². The van der Waals surface area contributed by atoms with Gasteiger partial charge in [0.25, 0.3) is 5.91 Å². The number of carbonyl (C=O) groups is 2. The molecule has 5 nitrogen and oxygen atoms in total. The summed E-state index contributed by atoms with van der Waals surface area (Å²) < 4.78 is 4.72. The number of benzene rings is 2. The third-order valence-corrected chi connectivity index (χ3v) is 4.49. The van der Waals surface area contributed by atoms with Crippen molar-refractivity contribution in [3.8, 4) is 0 Å². The molecule has 0 spiro atoms. The van der Waals surface area contributed by atoms with Gasteiger partial charge in [-0.05, 0) is 43.3 Å². The summed E-state index contributed by atoms with van der Waals surface area (Å²) >= 11 is 0. The fourth-order valence-corrected chi connectivity index (χ4v) is 3.05. The molecule has 0 radical (unpaired) electrons. The highest BCUT2D eigenvalue weighted by molar-refractivity contribution is 5.94. The standard InChI is InChI=1S/C20H22N2O3/c1-15-4-3-5-17(14-15)19(23)22-12-10-21(11-13-22)18-8-6-16(7-9-18)20(24)25-2/h3-9,14H,10-13H2,1-2H3. The van der Waals surface area contributed by atoms with Crippen LogP contribution in [0.2, 0.25) is 0 Å². The Balaban J connectivity index is 1.62. The fraction of sp³-hybridized carbons (Fsp3) is 0.300. The zero-order valence-corrected chi connectivity index (χ0v) is 14.6. The van der Waals surface area contributed by atoms with Crippen molar-refractivity contribution in [1.82, 2.24) is 4.90 Å². The number of aryl methyl sites for hydroxylation is 1. The van der Waals surface area contributed by atoms with Crippen molar-refractivity contribution in [2.75, 3.05) is 38.2 Å². The monoisotopic (exact) mass is 338 g/mol. The van der Waals surface area contributed by atoms with Crippen LogP contribution in [0, 0.1) is 6.92 Å². The minimum absolute atomic E-state index is 0.0874. The van der Waals surface area contributed by atoms with Gasteiger partial charge in [-0.2, -0.15) is 0 Å². The molecule has 0 atom stereocenters. The van der Waals surface area contributed by atoms with Crippen LogP contribution in [0.15, 0.2) is 48.5 Å². The molecule has 1 heterocycles. The van der Waals surface area contributed by atoms with E-state index in [1.807, 2.05) is 48.2 Å². The van der Waals surface area contributed by atoms with Crippen LogP contribution in [0.3, 0.4) is 0 Å². The average Bonchev–Trinajstić information content (AvgIpc) is 2.67. The maximum atomic E-state index is 12.6. The predicted octanol–water partition coefficient (Wildman–Crippen LogP) is 2.74. The molecule has 25 heavy (non-hydrogen) atoms. The number of methoxy groups -OCH3 is 1. The third kappa shape index (κ3) is 3.82. The van der Waals surface area contributed by atoms with Crippen LogP contribution in [0.4, 0.5) is 5.69 Å². The van der Waals surface area contributed by atoms with Crippen molar-refractivity contribution in [2.24, 2.45) is 0 Å². The summed E-state index contributed by atoms with van der Waals surface area (Å²) in [5.41, 5.74) is 3.43. The van der Waals surface area contributed by atoms with Crippen LogP contribution in [0.5, 0.6) is 0 Å². The van der Waals surface area contributed by atoms with E-state index in [-0.39, 0.29) is 11.9 Å². The molecule has 1 amide bonds. The molecule has 2 aromatic carbocycles. The second-order valence-corrected chi connectivity index (χ2v) is 6.19. The molecule has 5 heteroatoms. The summed E-state index contributed by atoms with van der Waals surface area (Å²) in [5.74, 6) is -0.246. The fourth-order valence-electron chi connectivity index (χ4n) is 3.05. The van der Waals surface area contributed by atoms with Crippen molar-refractivity contribution < 1.29 is 14.3 Å². The lowest BCUT2D eigenvalue weighted by atomic mass is 10.1. The van der Waals surface area contributed by atoms with E-state index in [1.54, 1.807) is 12.1 Å². The van der Waals surface area contributed by atoms with Gasteiger partial charge in [-0.1, -0.05) is 17.7 Å². The van der Waals surface area contributed by atoms with Gasteiger partial charge in [0, 0.05) is 37.4 Å². The Morgan fingerprint density at radius 2 is 1.60 bits per heavy atom. The Labute approximate surface area is 147 Å². The largest absolute Gasteiger partial charge is 0.465 e. The summed E-state index contributed by atoms with van der Waals surface area (Å²) in [6, 6.07) is 15.1. The first-order valence-corrected chi connectivity index (χ1v) is 8.38. The number of anilines is 1. The van der Waals surface area contributed by atoms with Gasteiger partial charge < -0.3 is 14.5 Å². The Kier molecular flexibility index (Phi) is 5.03. The molecular weight excluding hydrogens is 316 g/mol. The smallest absolute Gasteiger partial charge is 0.337 e. The number of hydrogen-bond donors (Lipinski definition) is 0. The van der Waals surface area contributed by atoms with Gasteiger partial charge in [0.2, 0.25) is 0 Å². The third-order valence-electron chi connectivity index (χ3n) is 4.49. The quantitative estimate of drug-likeness (QED) is 0.808. The molecule has 0 saturated carbocycles. The number of hydrogen-bond acceptors (Lipinski definition) is 4. The SMILES string of the molecule is COC(=O)c1ccc(N2CCN(C(=O)c3cccc(C)c3)CC2)cc1. The highest BCUT2D eigenvalue weighted by Crippen LogP contribution is 2.19. The molecule has 0 aliphatic carbocycles. The lowest BCUT2D eigenvalue weighted by molar-refractivity contribution is 0.0600. The molecule has 1 aliphatic rings. The van der Waals surface area contributed by atoms with E-state index in [2.05, 4.69) is 4.90 Å². The highest BCUT2D eigenvalue weighted by Gasteiger charge is 2.22. The number of esters is 1. The van der Waals surface area contributed by atoms with E-state index in [0.29, 0.717) is 18.7 Å². The maximum absolute atomic E-state index is 12.6.